The molecule has 1 amide bonds. The van der Waals surface area contributed by atoms with Crippen molar-refractivity contribution in [3.63, 3.8) is 0 Å². The number of aryl methyl sites for hydroxylation is 1. The zero-order valence-electron chi connectivity index (χ0n) is 14.3. The van der Waals surface area contributed by atoms with E-state index in [1.807, 2.05) is 6.08 Å². The molecule has 3 heterocycles. The van der Waals surface area contributed by atoms with Gasteiger partial charge in [-0.1, -0.05) is 0 Å². The van der Waals surface area contributed by atoms with E-state index in [1.54, 1.807) is 0 Å². The Balaban J connectivity index is 1.59. The average molecular weight is 328 g/mol. The first-order valence-electron chi connectivity index (χ1n) is 8.71. The summed E-state index contributed by atoms with van der Waals surface area (Å²) in [4.78, 5) is 18.0. The molecule has 2 aliphatic heterocycles. The summed E-state index contributed by atoms with van der Waals surface area (Å²) in [6, 6.07) is 0. The third kappa shape index (κ3) is 2.91. The van der Waals surface area contributed by atoms with Crippen molar-refractivity contribution in [3.05, 3.63) is 28.1 Å². The van der Waals surface area contributed by atoms with E-state index in [2.05, 4.69) is 34.3 Å². The van der Waals surface area contributed by atoms with Gasteiger partial charge in [0.1, 0.15) is 0 Å². The van der Waals surface area contributed by atoms with Crippen LogP contribution in [0.5, 0.6) is 0 Å². The number of hydrazone groups is 1. The molecule has 1 aromatic rings. The molecule has 0 spiro atoms. The molecule has 2 fully saturated rings. The van der Waals surface area contributed by atoms with E-state index in [-0.39, 0.29) is 5.91 Å². The number of hydrogen-bond acceptors (Lipinski definition) is 4. The number of rotatable bonds is 4. The maximum absolute atomic E-state index is 12.1. The van der Waals surface area contributed by atoms with Crippen LogP contribution in [-0.4, -0.2) is 47.8 Å². The van der Waals surface area contributed by atoms with Gasteiger partial charge in [-0.2, -0.15) is 5.10 Å². The van der Waals surface area contributed by atoms with Crippen LogP contribution >= 0.6 is 0 Å². The Labute approximate surface area is 141 Å². The first-order valence-corrected chi connectivity index (χ1v) is 8.71. The van der Waals surface area contributed by atoms with Crippen LogP contribution in [0.4, 0.5) is 0 Å². The monoisotopic (exact) mass is 328 g/mol. The third-order valence-electron chi connectivity index (χ3n) is 5.17. The number of morpholine rings is 1. The maximum Gasteiger partial charge on any atom is 0.273 e. The highest BCUT2D eigenvalue weighted by Crippen LogP contribution is 2.35. The van der Waals surface area contributed by atoms with Gasteiger partial charge in [-0.05, 0) is 43.9 Å². The SMILES string of the molecule is Cc1[nH]c(C=C2C(=O)NN=C2C2CC2)c(C)c1CN1CCOCC1. The topological polar surface area (TPSA) is 69.7 Å². The number of nitrogens with zero attached hydrogens (tertiary/aromatic N) is 2. The second-order valence-electron chi connectivity index (χ2n) is 6.93. The van der Waals surface area contributed by atoms with E-state index in [0.29, 0.717) is 5.92 Å². The summed E-state index contributed by atoms with van der Waals surface area (Å²) < 4.78 is 5.43. The van der Waals surface area contributed by atoms with Crippen LogP contribution in [0, 0.1) is 19.8 Å². The fourth-order valence-electron chi connectivity index (χ4n) is 3.48. The Kier molecular flexibility index (Phi) is 4.02. The van der Waals surface area contributed by atoms with Gasteiger partial charge >= 0.3 is 0 Å². The van der Waals surface area contributed by atoms with Crippen LogP contribution in [0.15, 0.2) is 10.7 Å². The number of aromatic nitrogens is 1. The van der Waals surface area contributed by atoms with Gasteiger partial charge in [0.2, 0.25) is 0 Å². The summed E-state index contributed by atoms with van der Waals surface area (Å²) in [6.07, 6.45) is 4.25. The minimum atomic E-state index is -0.0849. The Morgan fingerprint density at radius 1 is 1.29 bits per heavy atom. The lowest BCUT2D eigenvalue weighted by Crippen LogP contribution is -2.35. The second-order valence-corrected chi connectivity index (χ2v) is 6.93. The molecule has 0 atom stereocenters. The normalized spacial score (nSPS) is 23.7. The average Bonchev–Trinajstić information content (AvgIpc) is 3.32. The van der Waals surface area contributed by atoms with Crippen molar-refractivity contribution in [1.82, 2.24) is 15.3 Å². The molecule has 1 saturated carbocycles. The van der Waals surface area contributed by atoms with Crippen LogP contribution in [-0.2, 0) is 16.1 Å². The van der Waals surface area contributed by atoms with Gasteiger partial charge in [0.25, 0.3) is 5.91 Å². The molecule has 4 rings (SSSR count). The van der Waals surface area contributed by atoms with E-state index in [4.69, 9.17) is 4.74 Å². The van der Waals surface area contributed by atoms with Gasteiger partial charge in [0, 0.05) is 36.9 Å². The first kappa shape index (κ1) is 15.6. The number of carbonyl (C=O) groups is 1. The molecule has 1 saturated heterocycles. The van der Waals surface area contributed by atoms with E-state index in [1.165, 1.54) is 16.8 Å². The fraction of sp³-hybridized carbons (Fsp3) is 0.556. The summed E-state index contributed by atoms with van der Waals surface area (Å²) in [5, 5.41) is 4.22. The number of nitrogens with one attached hydrogen (secondary N) is 2. The molecule has 6 nitrogen and oxygen atoms in total. The quantitative estimate of drug-likeness (QED) is 0.827. The van der Waals surface area contributed by atoms with Crippen LogP contribution in [0.1, 0.15) is 35.4 Å². The number of amides is 1. The number of hydrogen-bond donors (Lipinski definition) is 2. The number of ether oxygens (including phenoxy) is 1. The second kappa shape index (κ2) is 6.18. The largest absolute Gasteiger partial charge is 0.379 e. The van der Waals surface area contributed by atoms with Gasteiger partial charge in [-0.15, -0.1) is 0 Å². The number of aromatic amines is 1. The van der Waals surface area contributed by atoms with Crippen LogP contribution < -0.4 is 5.43 Å². The summed E-state index contributed by atoms with van der Waals surface area (Å²) in [5.74, 6) is 0.373. The van der Waals surface area contributed by atoms with Gasteiger partial charge in [-0.25, -0.2) is 5.43 Å². The molecule has 0 bridgehead atoms. The Morgan fingerprint density at radius 2 is 2.04 bits per heavy atom. The standard InChI is InChI=1S/C18H24N4O2/c1-11-15(10-22-5-7-24-8-6-22)12(2)19-16(11)9-14-17(13-3-4-13)20-21-18(14)23/h9,13,19H,3-8,10H2,1-2H3,(H,21,23). The molecule has 3 aliphatic rings. The summed E-state index contributed by atoms with van der Waals surface area (Å²) in [5.41, 5.74) is 9.02. The smallest absolute Gasteiger partial charge is 0.273 e. The Morgan fingerprint density at radius 3 is 2.75 bits per heavy atom. The zero-order valence-corrected chi connectivity index (χ0v) is 14.3. The maximum atomic E-state index is 12.1. The molecule has 0 aromatic carbocycles. The summed E-state index contributed by atoms with van der Waals surface area (Å²) in [6.45, 7) is 8.72. The molecule has 24 heavy (non-hydrogen) atoms. The predicted molar refractivity (Wildman–Crippen MR) is 92.6 cm³/mol. The lowest BCUT2D eigenvalue weighted by atomic mass is 10.0. The van der Waals surface area contributed by atoms with Crippen molar-refractivity contribution < 1.29 is 9.53 Å². The molecule has 128 valence electrons. The molecule has 6 heteroatoms. The molecule has 1 aliphatic carbocycles. The van der Waals surface area contributed by atoms with Gasteiger partial charge in [0.15, 0.2) is 0 Å². The van der Waals surface area contributed by atoms with Gasteiger partial charge in [-0.3, -0.25) is 9.69 Å². The van der Waals surface area contributed by atoms with E-state index >= 15 is 0 Å². The zero-order chi connectivity index (χ0) is 16.7. The number of H-pyrrole nitrogens is 1. The van der Waals surface area contributed by atoms with Crippen LogP contribution in [0.25, 0.3) is 6.08 Å². The van der Waals surface area contributed by atoms with Gasteiger partial charge in [0.05, 0.1) is 24.5 Å². The molecule has 0 radical (unpaired) electrons. The number of carbonyl (C=O) groups excluding carboxylic acids is 1. The van der Waals surface area contributed by atoms with Crippen molar-refractivity contribution in [1.29, 1.82) is 0 Å². The van der Waals surface area contributed by atoms with Gasteiger partial charge < -0.3 is 9.72 Å². The Bertz CT molecular complexity index is 722. The Hall–Kier alpha value is -1.92. The van der Waals surface area contributed by atoms with E-state index < -0.39 is 0 Å². The molecule has 0 unspecified atom stereocenters. The fourth-order valence-corrected chi connectivity index (χ4v) is 3.48. The summed E-state index contributed by atoms with van der Waals surface area (Å²) in [7, 11) is 0. The third-order valence-corrected chi connectivity index (χ3v) is 5.17. The van der Waals surface area contributed by atoms with Crippen molar-refractivity contribution >= 4 is 17.7 Å². The van der Waals surface area contributed by atoms with Crippen molar-refractivity contribution in [2.45, 2.75) is 33.2 Å². The minimum absolute atomic E-state index is 0.0849. The van der Waals surface area contributed by atoms with E-state index in [9.17, 15) is 4.79 Å². The molecular formula is C18H24N4O2. The predicted octanol–water partition coefficient (Wildman–Crippen LogP) is 1.74. The molecule has 1 aromatic heterocycles. The van der Waals surface area contributed by atoms with Crippen molar-refractivity contribution in [3.8, 4) is 0 Å². The van der Waals surface area contributed by atoms with E-state index in [0.717, 1.165) is 62.7 Å². The van der Waals surface area contributed by atoms with Crippen LogP contribution in [0.3, 0.4) is 0 Å². The lowest BCUT2D eigenvalue weighted by molar-refractivity contribution is -0.116. The highest BCUT2D eigenvalue weighted by molar-refractivity contribution is 6.28. The van der Waals surface area contributed by atoms with Crippen molar-refractivity contribution in [2.75, 3.05) is 26.3 Å². The van der Waals surface area contributed by atoms with Crippen LogP contribution in [0.2, 0.25) is 0 Å². The highest BCUT2D eigenvalue weighted by atomic mass is 16.5. The lowest BCUT2D eigenvalue weighted by Gasteiger charge is -2.26. The highest BCUT2D eigenvalue weighted by Gasteiger charge is 2.36. The summed E-state index contributed by atoms with van der Waals surface area (Å²) >= 11 is 0. The molecule has 2 N–H and O–H groups in total. The minimum Gasteiger partial charge on any atom is -0.379 e. The molecular weight excluding hydrogens is 304 g/mol. The first-order chi connectivity index (χ1) is 11.6. The van der Waals surface area contributed by atoms with Crippen molar-refractivity contribution in [2.24, 2.45) is 11.0 Å².